The molecule has 0 radical (unpaired) electrons. The molecule has 0 bridgehead atoms. The van der Waals surface area contributed by atoms with Gasteiger partial charge >= 0.3 is 0 Å². The van der Waals surface area contributed by atoms with Crippen molar-refractivity contribution in [3.63, 3.8) is 0 Å². The van der Waals surface area contributed by atoms with E-state index in [1.807, 2.05) is 17.5 Å². The van der Waals surface area contributed by atoms with Gasteiger partial charge < -0.3 is 10.6 Å². The van der Waals surface area contributed by atoms with Crippen LogP contribution in [0.1, 0.15) is 36.7 Å². The van der Waals surface area contributed by atoms with Crippen LogP contribution in [0.5, 0.6) is 0 Å². The van der Waals surface area contributed by atoms with Gasteiger partial charge in [0.25, 0.3) is 0 Å². The van der Waals surface area contributed by atoms with Gasteiger partial charge in [-0.2, -0.15) is 0 Å². The van der Waals surface area contributed by atoms with Crippen molar-refractivity contribution in [3.05, 3.63) is 27.2 Å². The smallest absolute Gasteiger partial charge is 0.109 e. The van der Waals surface area contributed by atoms with Gasteiger partial charge in [0.2, 0.25) is 0 Å². The summed E-state index contributed by atoms with van der Waals surface area (Å²) < 4.78 is 0. The van der Waals surface area contributed by atoms with Crippen molar-refractivity contribution in [3.8, 4) is 0 Å². The first-order chi connectivity index (χ1) is 8.20. The summed E-state index contributed by atoms with van der Waals surface area (Å²) in [6.45, 7) is 9.69. The maximum Gasteiger partial charge on any atom is 0.109 e. The topological polar surface area (TPSA) is 37.0 Å². The highest BCUT2D eigenvalue weighted by Crippen LogP contribution is 2.20. The number of rotatable bonds is 5. The Bertz CT molecular complexity index is 403. The fourth-order valence-corrected chi connectivity index (χ4v) is 2.64. The summed E-state index contributed by atoms with van der Waals surface area (Å²) in [4.78, 5) is 5.84. The van der Waals surface area contributed by atoms with Gasteiger partial charge in [0, 0.05) is 30.7 Å². The van der Waals surface area contributed by atoms with Crippen molar-refractivity contribution in [2.75, 3.05) is 19.6 Å². The number of thiazole rings is 1. The van der Waals surface area contributed by atoms with E-state index in [4.69, 9.17) is 0 Å². The first-order valence-corrected chi connectivity index (χ1v) is 7.08. The van der Waals surface area contributed by atoms with Crippen LogP contribution in [0.2, 0.25) is 0 Å². The Morgan fingerprint density at radius 3 is 2.88 bits per heavy atom. The summed E-state index contributed by atoms with van der Waals surface area (Å²) in [7, 11) is 0. The van der Waals surface area contributed by atoms with E-state index < -0.39 is 0 Å². The predicted octanol–water partition coefficient (Wildman–Crippen LogP) is 2.28. The Kier molecular flexibility index (Phi) is 4.31. The van der Waals surface area contributed by atoms with Gasteiger partial charge in [-0.05, 0) is 25.8 Å². The van der Waals surface area contributed by atoms with Gasteiger partial charge in [-0.15, -0.1) is 11.3 Å². The molecule has 1 aliphatic rings. The number of hydrogen-bond donors (Lipinski definition) is 2. The molecule has 1 saturated heterocycles. The summed E-state index contributed by atoms with van der Waals surface area (Å²) in [6.07, 6.45) is 3.08. The molecule has 1 aromatic rings. The predicted molar refractivity (Wildman–Crippen MR) is 73.5 cm³/mol. The normalized spacial score (nSPS) is 16.8. The van der Waals surface area contributed by atoms with Crippen molar-refractivity contribution in [1.82, 2.24) is 15.6 Å². The van der Waals surface area contributed by atoms with Gasteiger partial charge in [-0.25, -0.2) is 4.98 Å². The highest BCUT2D eigenvalue weighted by Gasteiger charge is 2.13. The Labute approximate surface area is 107 Å². The Morgan fingerprint density at radius 1 is 1.59 bits per heavy atom. The largest absolute Gasteiger partial charge is 0.309 e. The molecule has 1 unspecified atom stereocenters. The number of aryl methyl sites for hydroxylation is 1. The second-order valence-electron chi connectivity index (χ2n) is 4.61. The third-order valence-electron chi connectivity index (χ3n) is 3.24. The summed E-state index contributed by atoms with van der Waals surface area (Å²) in [5.74, 6) is 0. The molecule has 0 amide bonds. The zero-order valence-corrected chi connectivity index (χ0v) is 11.7. The minimum Gasteiger partial charge on any atom is -0.309 e. The molecular formula is C13H21N3S. The quantitative estimate of drug-likeness (QED) is 0.788. The average Bonchev–Trinajstić information content (AvgIpc) is 2.72. The molecule has 1 aliphatic heterocycles. The van der Waals surface area contributed by atoms with Crippen LogP contribution in [-0.2, 0) is 6.42 Å². The number of aromatic nitrogens is 1. The maximum atomic E-state index is 4.47. The Balaban J connectivity index is 1.86. The van der Waals surface area contributed by atoms with E-state index in [1.54, 1.807) is 5.57 Å². The molecule has 3 nitrogen and oxygen atoms in total. The zero-order chi connectivity index (χ0) is 12.3. The Morgan fingerprint density at radius 2 is 2.35 bits per heavy atom. The van der Waals surface area contributed by atoms with Crippen molar-refractivity contribution < 1.29 is 0 Å². The zero-order valence-electron chi connectivity index (χ0n) is 10.8. The van der Waals surface area contributed by atoms with Crippen molar-refractivity contribution in [2.24, 2.45) is 0 Å². The van der Waals surface area contributed by atoms with Gasteiger partial charge in [-0.1, -0.05) is 12.5 Å². The van der Waals surface area contributed by atoms with Crippen LogP contribution >= 0.6 is 11.3 Å². The highest BCUT2D eigenvalue weighted by molar-refractivity contribution is 7.11. The van der Waals surface area contributed by atoms with E-state index in [1.165, 1.54) is 15.5 Å². The van der Waals surface area contributed by atoms with E-state index in [9.17, 15) is 0 Å². The van der Waals surface area contributed by atoms with Crippen LogP contribution in [0, 0.1) is 0 Å². The summed E-state index contributed by atoms with van der Waals surface area (Å²) in [5, 5.41) is 8.02. The molecule has 2 rings (SSSR count). The number of nitrogens with zero attached hydrogens (tertiary/aromatic N) is 1. The molecule has 4 heteroatoms. The van der Waals surface area contributed by atoms with E-state index in [0.29, 0.717) is 6.04 Å². The van der Waals surface area contributed by atoms with Crippen LogP contribution in [0.25, 0.3) is 0 Å². The summed E-state index contributed by atoms with van der Waals surface area (Å²) >= 11 is 1.82. The molecule has 94 valence electrons. The van der Waals surface area contributed by atoms with Gasteiger partial charge in [0.05, 0.1) is 6.04 Å². The molecular weight excluding hydrogens is 230 g/mol. The number of nitrogens with one attached hydrogen (secondary N) is 2. The van der Waals surface area contributed by atoms with Crippen LogP contribution in [-0.4, -0.2) is 24.6 Å². The molecule has 1 fully saturated rings. The van der Waals surface area contributed by atoms with E-state index in [2.05, 4.69) is 36.4 Å². The monoisotopic (exact) mass is 251 g/mol. The van der Waals surface area contributed by atoms with Crippen molar-refractivity contribution >= 4 is 11.3 Å². The summed E-state index contributed by atoms with van der Waals surface area (Å²) in [6, 6.07) is 0.351. The molecule has 0 spiro atoms. The molecule has 1 aromatic heterocycles. The van der Waals surface area contributed by atoms with E-state index in [0.717, 1.165) is 26.1 Å². The Hall–Kier alpha value is -0.710. The maximum absolute atomic E-state index is 4.47. The third-order valence-corrected chi connectivity index (χ3v) is 4.57. The van der Waals surface area contributed by atoms with E-state index >= 15 is 0 Å². The SMILES string of the molecule is CCc1cnc(C(C)NCC(C)=C2CNC2)s1. The molecule has 0 aromatic carbocycles. The minimum atomic E-state index is 0.351. The first-order valence-electron chi connectivity index (χ1n) is 6.27. The minimum absolute atomic E-state index is 0.351. The molecule has 1 atom stereocenters. The van der Waals surface area contributed by atoms with Crippen molar-refractivity contribution in [2.45, 2.75) is 33.2 Å². The second-order valence-corrected chi connectivity index (χ2v) is 5.76. The molecule has 17 heavy (non-hydrogen) atoms. The highest BCUT2D eigenvalue weighted by atomic mass is 32.1. The standard InChI is InChI=1S/C13H21N3S/c1-4-12-8-16-13(17-12)10(3)15-5-9(2)11-6-14-7-11/h8,10,14-15H,4-7H2,1-3H3. The lowest BCUT2D eigenvalue weighted by Crippen LogP contribution is -2.36. The van der Waals surface area contributed by atoms with E-state index in [-0.39, 0.29) is 0 Å². The first kappa shape index (κ1) is 12.7. The van der Waals surface area contributed by atoms with Crippen LogP contribution in [0.15, 0.2) is 17.3 Å². The van der Waals surface area contributed by atoms with Gasteiger partial charge in [0.15, 0.2) is 0 Å². The second kappa shape index (κ2) is 5.76. The molecule has 2 N–H and O–H groups in total. The lowest BCUT2D eigenvalue weighted by atomic mass is 10.0. The van der Waals surface area contributed by atoms with Gasteiger partial charge in [0.1, 0.15) is 5.01 Å². The van der Waals surface area contributed by atoms with Crippen LogP contribution in [0.4, 0.5) is 0 Å². The number of hydrogen-bond acceptors (Lipinski definition) is 4. The fourth-order valence-electron chi connectivity index (χ4n) is 1.76. The fraction of sp³-hybridized carbons (Fsp3) is 0.615. The lowest BCUT2D eigenvalue weighted by molar-refractivity contribution is 0.587. The van der Waals surface area contributed by atoms with Crippen LogP contribution in [0.3, 0.4) is 0 Å². The molecule has 2 heterocycles. The summed E-state index contributed by atoms with van der Waals surface area (Å²) in [5.41, 5.74) is 3.03. The molecule has 0 saturated carbocycles. The van der Waals surface area contributed by atoms with Crippen LogP contribution < -0.4 is 10.6 Å². The third kappa shape index (κ3) is 3.15. The van der Waals surface area contributed by atoms with Crippen molar-refractivity contribution in [1.29, 1.82) is 0 Å². The molecule has 0 aliphatic carbocycles. The lowest BCUT2D eigenvalue weighted by Gasteiger charge is -2.23. The average molecular weight is 251 g/mol. The van der Waals surface area contributed by atoms with Gasteiger partial charge in [-0.3, -0.25) is 0 Å².